The summed E-state index contributed by atoms with van der Waals surface area (Å²) in [4.78, 5) is 1.21. The van der Waals surface area contributed by atoms with Gasteiger partial charge < -0.3 is 5.73 Å². The van der Waals surface area contributed by atoms with Gasteiger partial charge in [0.2, 0.25) is 0 Å². The fraction of sp³-hybridized carbons (Fsp3) is 0.533. The summed E-state index contributed by atoms with van der Waals surface area (Å²) in [5.41, 5.74) is 7.37. The molecule has 1 unspecified atom stereocenters. The molecule has 0 radical (unpaired) electrons. The van der Waals surface area contributed by atoms with Gasteiger partial charge in [-0.25, -0.2) is 0 Å². The van der Waals surface area contributed by atoms with Crippen LogP contribution in [0.2, 0.25) is 0 Å². The molecule has 0 amide bonds. The normalized spacial score (nSPS) is 18.3. The number of rotatable bonds is 4. The Hall–Kier alpha value is -0.650. The van der Waals surface area contributed by atoms with Gasteiger partial charge in [0.05, 0.1) is 15.5 Å². The molecule has 2 aromatic heterocycles. The van der Waals surface area contributed by atoms with Crippen LogP contribution in [0.25, 0.3) is 0 Å². The van der Waals surface area contributed by atoms with E-state index in [1.54, 1.807) is 11.3 Å². The SMILES string of the molecule is NC(Cc1ccn(C2CCCCC2)n1)c1ccc(Br)s1. The zero-order valence-electron chi connectivity index (χ0n) is 11.5. The monoisotopic (exact) mass is 353 g/mol. The lowest BCUT2D eigenvalue weighted by Crippen LogP contribution is -2.15. The quantitative estimate of drug-likeness (QED) is 0.881. The predicted octanol–water partition coefficient (Wildman–Crippen LogP) is 4.45. The molecule has 1 aliphatic carbocycles. The molecule has 5 heteroatoms. The van der Waals surface area contributed by atoms with Gasteiger partial charge in [0.25, 0.3) is 0 Å². The van der Waals surface area contributed by atoms with Crippen LogP contribution in [0.15, 0.2) is 28.2 Å². The predicted molar refractivity (Wildman–Crippen MR) is 87.0 cm³/mol. The van der Waals surface area contributed by atoms with Gasteiger partial charge >= 0.3 is 0 Å². The maximum Gasteiger partial charge on any atom is 0.0701 e. The summed E-state index contributed by atoms with van der Waals surface area (Å²) >= 11 is 5.19. The number of hydrogen-bond acceptors (Lipinski definition) is 3. The van der Waals surface area contributed by atoms with Gasteiger partial charge in [-0.2, -0.15) is 5.10 Å². The molecule has 1 fully saturated rings. The number of aromatic nitrogens is 2. The van der Waals surface area contributed by atoms with Gasteiger partial charge in [0.15, 0.2) is 0 Å². The first kappa shape index (κ1) is 14.3. The van der Waals surface area contributed by atoms with Crippen molar-refractivity contribution in [3.8, 4) is 0 Å². The average molecular weight is 354 g/mol. The topological polar surface area (TPSA) is 43.8 Å². The Morgan fingerprint density at radius 3 is 2.80 bits per heavy atom. The third kappa shape index (κ3) is 3.32. The van der Waals surface area contributed by atoms with Crippen molar-refractivity contribution >= 4 is 27.3 Å². The average Bonchev–Trinajstić information content (AvgIpc) is 3.09. The minimum Gasteiger partial charge on any atom is -0.323 e. The van der Waals surface area contributed by atoms with Gasteiger partial charge in [-0.1, -0.05) is 19.3 Å². The van der Waals surface area contributed by atoms with Crippen LogP contribution < -0.4 is 5.73 Å². The molecule has 3 rings (SSSR count). The van der Waals surface area contributed by atoms with E-state index in [1.807, 2.05) is 0 Å². The summed E-state index contributed by atoms with van der Waals surface area (Å²) in [6, 6.07) is 6.92. The first-order valence-corrected chi connectivity index (χ1v) is 8.88. The van der Waals surface area contributed by atoms with Crippen molar-refractivity contribution < 1.29 is 0 Å². The molecule has 0 aliphatic heterocycles. The number of halogens is 1. The van der Waals surface area contributed by atoms with Crippen LogP contribution in [0, 0.1) is 0 Å². The second-order valence-corrected chi connectivity index (χ2v) is 8.03. The zero-order valence-corrected chi connectivity index (χ0v) is 13.9. The lowest BCUT2D eigenvalue weighted by Gasteiger charge is -2.21. The summed E-state index contributed by atoms with van der Waals surface area (Å²) in [5.74, 6) is 0. The van der Waals surface area contributed by atoms with E-state index < -0.39 is 0 Å². The summed E-state index contributed by atoms with van der Waals surface area (Å²) in [5, 5.41) is 4.74. The molecule has 1 atom stereocenters. The molecule has 1 aliphatic rings. The van der Waals surface area contributed by atoms with E-state index in [0.717, 1.165) is 15.9 Å². The highest BCUT2D eigenvalue weighted by Crippen LogP contribution is 2.29. The number of hydrogen-bond donors (Lipinski definition) is 1. The Morgan fingerprint density at radius 1 is 1.30 bits per heavy atom. The Morgan fingerprint density at radius 2 is 2.10 bits per heavy atom. The van der Waals surface area contributed by atoms with Crippen molar-refractivity contribution in [3.63, 3.8) is 0 Å². The van der Waals surface area contributed by atoms with Crippen LogP contribution in [0.3, 0.4) is 0 Å². The molecule has 3 nitrogen and oxygen atoms in total. The highest BCUT2D eigenvalue weighted by atomic mass is 79.9. The Kier molecular flexibility index (Phi) is 4.58. The van der Waals surface area contributed by atoms with E-state index in [9.17, 15) is 0 Å². The Bertz CT molecular complexity index is 557. The molecule has 0 spiro atoms. The third-order valence-electron chi connectivity index (χ3n) is 4.00. The number of nitrogens with two attached hydrogens (primary N) is 1. The third-order valence-corrected chi connectivity index (χ3v) is 5.76. The molecular formula is C15H20BrN3S. The van der Waals surface area contributed by atoms with Crippen LogP contribution in [0.4, 0.5) is 0 Å². The van der Waals surface area contributed by atoms with Crippen LogP contribution in [0.5, 0.6) is 0 Å². The highest BCUT2D eigenvalue weighted by Gasteiger charge is 2.17. The first-order chi connectivity index (χ1) is 9.72. The zero-order chi connectivity index (χ0) is 13.9. The highest BCUT2D eigenvalue weighted by molar-refractivity contribution is 9.11. The van der Waals surface area contributed by atoms with E-state index >= 15 is 0 Å². The molecule has 2 aromatic rings. The van der Waals surface area contributed by atoms with Crippen molar-refractivity contribution in [2.24, 2.45) is 5.73 Å². The molecule has 2 N–H and O–H groups in total. The van der Waals surface area contributed by atoms with Crippen molar-refractivity contribution in [1.29, 1.82) is 0 Å². The summed E-state index contributed by atoms with van der Waals surface area (Å²) in [7, 11) is 0. The molecule has 0 bridgehead atoms. The Balaban J connectivity index is 1.64. The van der Waals surface area contributed by atoms with Crippen molar-refractivity contribution in [3.05, 3.63) is 38.8 Å². The van der Waals surface area contributed by atoms with E-state index in [0.29, 0.717) is 6.04 Å². The maximum absolute atomic E-state index is 6.27. The Labute approximate surface area is 132 Å². The van der Waals surface area contributed by atoms with Crippen LogP contribution in [-0.2, 0) is 6.42 Å². The number of thiophene rings is 1. The lowest BCUT2D eigenvalue weighted by molar-refractivity contribution is 0.328. The largest absolute Gasteiger partial charge is 0.323 e. The second kappa shape index (κ2) is 6.41. The van der Waals surface area contributed by atoms with E-state index in [4.69, 9.17) is 10.8 Å². The van der Waals surface area contributed by atoms with E-state index in [2.05, 4.69) is 45.0 Å². The molecule has 0 aromatic carbocycles. The lowest BCUT2D eigenvalue weighted by atomic mass is 9.96. The summed E-state index contributed by atoms with van der Waals surface area (Å²) in [6.45, 7) is 0. The van der Waals surface area contributed by atoms with Crippen molar-refractivity contribution in [1.82, 2.24) is 9.78 Å². The van der Waals surface area contributed by atoms with Crippen LogP contribution >= 0.6 is 27.3 Å². The van der Waals surface area contributed by atoms with Crippen molar-refractivity contribution in [2.75, 3.05) is 0 Å². The van der Waals surface area contributed by atoms with Crippen LogP contribution in [-0.4, -0.2) is 9.78 Å². The minimum atomic E-state index is 0.0426. The molecule has 20 heavy (non-hydrogen) atoms. The summed E-state index contributed by atoms with van der Waals surface area (Å²) < 4.78 is 3.29. The molecule has 108 valence electrons. The van der Waals surface area contributed by atoms with Gasteiger partial charge in [-0.15, -0.1) is 11.3 Å². The maximum atomic E-state index is 6.27. The van der Waals surface area contributed by atoms with Crippen LogP contribution in [0.1, 0.15) is 54.8 Å². The van der Waals surface area contributed by atoms with E-state index in [1.165, 1.54) is 37.0 Å². The van der Waals surface area contributed by atoms with Gasteiger partial charge in [-0.05, 0) is 47.0 Å². The molecule has 0 saturated heterocycles. The van der Waals surface area contributed by atoms with E-state index in [-0.39, 0.29) is 6.04 Å². The first-order valence-electron chi connectivity index (χ1n) is 7.27. The smallest absolute Gasteiger partial charge is 0.0701 e. The molecule has 2 heterocycles. The van der Waals surface area contributed by atoms with Gasteiger partial charge in [-0.3, -0.25) is 4.68 Å². The van der Waals surface area contributed by atoms with Crippen molar-refractivity contribution in [2.45, 2.75) is 50.6 Å². The number of nitrogens with zero attached hydrogens (tertiary/aromatic N) is 2. The standard InChI is InChI=1S/C15H20BrN3S/c16-15-7-6-14(20-15)13(17)10-11-8-9-19(18-11)12-4-2-1-3-5-12/h6-9,12-13H,1-5,10,17H2. The van der Waals surface area contributed by atoms with Gasteiger partial charge in [0, 0.05) is 23.5 Å². The second-order valence-electron chi connectivity index (χ2n) is 5.53. The molecular weight excluding hydrogens is 334 g/mol. The minimum absolute atomic E-state index is 0.0426. The van der Waals surface area contributed by atoms with Gasteiger partial charge in [0.1, 0.15) is 0 Å². The fourth-order valence-corrected chi connectivity index (χ4v) is 4.31. The fourth-order valence-electron chi connectivity index (χ4n) is 2.89. The molecule has 1 saturated carbocycles. The summed E-state index contributed by atoms with van der Waals surface area (Å²) in [6.07, 6.45) is 9.53.